The van der Waals surface area contributed by atoms with Gasteiger partial charge in [0.05, 0.1) is 25.5 Å². The lowest BCUT2D eigenvalue weighted by Crippen LogP contribution is -2.22. The molecule has 0 bridgehead atoms. The number of nitrogens with one attached hydrogen (secondary N) is 1. The first-order valence-electron chi connectivity index (χ1n) is 10.2. The number of anilines is 1. The molecule has 0 radical (unpaired) electrons. The maximum absolute atomic E-state index is 12.7. The zero-order chi connectivity index (χ0) is 23.8. The van der Waals surface area contributed by atoms with E-state index in [1.165, 1.54) is 31.1 Å². The quantitative estimate of drug-likeness (QED) is 0.290. The lowest BCUT2D eigenvalue weighted by atomic mass is 10.2. The maximum atomic E-state index is 12.7. The van der Waals surface area contributed by atoms with Crippen molar-refractivity contribution in [1.29, 1.82) is 0 Å². The van der Waals surface area contributed by atoms with Crippen molar-refractivity contribution in [2.24, 2.45) is 0 Å². The van der Waals surface area contributed by atoms with Gasteiger partial charge in [-0.3, -0.25) is 9.59 Å². The molecule has 0 aliphatic carbocycles. The highest BCUT2D eigenvalue weighted by Gasteiger charge is 2.13. The Hall–Kier alpha value is -3.66. The van der Waals surface area contributed by atoms with Crippen LogP contribution in [0.5, 0.6) is 5.75 Å². The molecule has 172 valence electrons. The maximum Gasteiger partial charge on any atom is 0.338 e. The number of benzene rings is 1. The number of esters is 1. The van der Waals surface area contributed by atoms with E-state index in [2.05, 4.69) is 15.3 Å². The van der Waals surface area contributed by atoms with Gasteiger partial charge in [-0.2, -0.15) is 0 Å². The summed E-state index contributed by atoms with van der Waals surface area (Å²) in [5.41, 5.74) is 2.13. The third-order valence-electron chi connectivity index (χ3n) is 4.52. The Labute approximate surface area is 195 Å². The molecule has 0 aliphatic heterocycles. The normalized spacial score (nSPS) is 10.5. The van der Waals surface area contributed by atoms with Gasteiger partial charge in [-0.15, -0.1) is 0 Å². The first kappa shape index (κ1) is 24.0. The zero-order valence-electron chi connectivity index (χ0n) is 18.5. The smallest absolute Gasteiger partial charge is 0.338 e. The number of carbonyl (C=O) groups is 2. The second-order valence-corrected chi connectivity index (χ2v) is 7.88. The molecule has 0 saturated heterocycles. The van der Waals surface area contributed by atoms with Crippen LogP contribution < -0.4 is 15.5 Å². The minimum atomic E-state index is -0.421. The van der Waals surface area contributed by atoms with Crippen molar-refractivity contribution in [3.8, 4) is 5.75 Å². The SMILES string of the molecule is CCOC(=O)c1ccc(NC(=O)Cn2cc(OC)c(=O)cc2CSc2nccc(C)n2)cc1. The molecule has 33 heavy (non-hydrogen) atoms. The van der Waals surface area contributed by atoms with Gasteiger partial charge < -0.3 is 19.4 Å². The van der Waals surface area contributed by atoms with Crippen LogP contribution in [-0.4, -0.2) is 40.1 Å². The standard InChI is InChI=1S/C23H24N4O5S/c1-4-32-22(30)16-5-7-17(8-6-16)26-21(29)13-27-12-20(31-3)19(28)11-18(27)14-33-23-24-10-9-15(2)25-23/h5-12H,4,13-14H2,1-3H3,(H,26,29). The Morgan fingerprint density at radius 3 is 2.61 bits per heavy atom. The molecule has 9 nitrogen and oxygen atoms in total. The summed E-state index contributed by atoms with van der Waals surface area (Å²) in [6.45, 7) is 3.86. The number of methoxy groups -OCH3 is 1. The molecule has 0 saturated carbocycles. The zero-order valence-corrected chi connectivity index (χ0v) is 19.3. The van der Waals surface area contributed by atoms with Crippen molar-refractivity contribution in [2.75, 3.05) is 19.0 Å². The molecule has 0 spiro atoms. The fraction of sp³-hybridized carbons (Fsp3) is 0.261. The molecule has 0 atom stereocenters. The average molecular weight is 469 g/mol. The second kappa shape index (κ2) is 11.3. The van der Waals surface area contributed by atoms with Gasteiger partial charge in [0.2, 0.25) is 11.3 Å². The lowest BCUT2D eigenvalue weighted by molar-refractivity contribution is -0.116. The van der Waals surface area contributed by atoms with Crippen LogP contribution in [-0.2, 0) is 21.8 Å². The number of thioether (sulfide) groups is 1. The van der Waals surface area contributed by atoms with Gasteiger partial charge in [0.1, 0.15) is 6.54 Å². The predicted octanol–water partition coefficient (Wildman–Crippen LogP) is 3.06. The van der Waals surface area contributed by atoms with Gasteiger partial charge in [-0.1, -0.05) is 11.8 Å². The summed E-state index contributed by atoms with van der Waals surface area (Å²) in [7, 11) is 1.40. The number of aromatic nitrogens is 3. The van der Waals surface area contributed by atoms with E-state index in [0.717, 1.165) is 5.69 Å². The highest BCUT2D eigenvalue weighted by atomic mass is 32.2. The molecule has 0 aliphatic rings. The lowest BCUT2D eigenvalue weighted by Gasteiger charge is -2.15. The molecule has 1 amide bonds. The van der Waals surface area contributed by atoms with Crippen LogP contribution >= 0.6 is 11.8 Å². The topological polar surface area (TPSA) is 112 Å². The summed E-state index contributed by atoms with van der Waals surface area (Å²) in [6, 6.07) is 9.67. The van der Waals surface area contributed by atoms with Crippen molar-refractivity contribution in [3.63, 3.8) is 0 Å². The van der Waals surface area contributed by atoms with E-state index in [-0.39, 0.29) is 30.2 Å². The molecule has 2 aromatic heterocycles. The third-order valence-corrected chi connectivity index (χ3v) is 5.41. The highest BCUT2D eigenvalue weighted by molar-refractivity contribution is 7.98. The van der Waals surface area contributed by atoms with Crippen molar-refractivity contribution < 1.29 is 19.1 Å². The number of rotatable bonds is 9. The summed E-state index contributed by atoms with van der Waals surface area (Å²) in [4.78, 5) is 45.3. The van der Waals surface area contributed by atoms with Crippen molar-refractivity contribution in [1.82, 2.24) is 14.5 Å². The molecule has 0 unspecified atom stereocenters. The Kier molecular flexibility index (Phi) is 8.20. The van der Waals surface area contributed by atoms with Gasteiger partial charge in [0.25, 0.3) is 0 Å². The third kappa shape index (κ3) is 6.66. The number of aryl methyl sites for hydroxylation is 1. The molecule has 2 heterocycles. The number of hydrogen-bond donors (Lipinski definition) is 1. The van der Waals surface area contributed by atoms with E-state index < -0.39 is 5.97 Å². The average Bonchev–Trinajstić information content (AvgIpc) is 2.79. The first-order chi connectivity index (χ1) is 15.9. The first-order valence-corrected chi connectivity index (χ1v) is 11.1. The molecule has 0 fully saturated rings. The van der Waals surface area contributed by atoms with Crippen LogP contribution in [0.1, 0.15) is 28.7 Å². The van der Waals surface area contributed by atoms with E-state index in [9.17, 15) is 14.4 Å². The summed E-state index contributed by atoms with van der Waals surface area (Å²) >= 11 is 1.37. The highest BCUT2D eigenvalue weighted by Crippen LogP contribution is 2.20. The largest absolute Gasteiger partial charge is 0.491 e. The number of carbonyl (C=O) groups excluding carboxylic acids is 2. The van der Waals surface area contributed by atoms with E-state index in [1.807, 2.05) is 6.92 Å². The van der Waals surface area contributed by atoms with E-state index >= 15 is 0 Å². The van der Waals surface area contributed by atoms with Crippen molar-refractivity contribution in [3.05, 3.63) is 76.0 Å². The summed E-state index contributed by atoms with van der Waals surface area (Å²) < 4.78 is 11.7. The number of amides is 1. The number of ether oxygens (including phenoxy) is 2. The molecular formula is C23H24N4O5S. The minimum Gasteiger partial charge on any atom is -0.491 e. The fourth-order valence-corrected chi connectivity index (χ4v) is 3.78. The number of nitrogens with zero attached hydrogens (tertiary/aromatic N) is 3. The summed E-state index contributed by atoms with van der Waals surface area (Å²) in [5.74, 6) is -0.190. The Bertz CT molecular complexity index is 1190. The molecule has 3 rings (SSSR count). The summed E-state index contributed by atoms with van der Waals surface area (Å²) in [5, 5.41) is 3.37. The monoisotopic (exact) mass is 468 g/mol. The van der Waals surface area contributed by atoms with Gasteiger partial charge in [0, 0.05) is 35.1 Å². The van der Waals surface area contributed by atoms with Crippen molar-refractivity contribution in [2.45, 2.75) is 31.3 Å². The van der Waals surface area contributed by atoms with Crippen LogP contribution in [0.2, 0.25) is 0 Å². The summed E-state index contributed by atoms with van der Waals surface area (Å²) in [6.07, 6.45) is 3.19. The van der Waals surface area contributed by atoms with Gasteiger partial charge >= 0.3 is 5.97 Å². The molecule has 1 aromatic carbocycles. The van der Waals surface area contributed by atoms with Crippen LogP contribution in [0.15, 0.2) is 58.7 Å². The van der Waals surface area contributed by atoms with E-state index in [1.54, 1.807) is 48.0 Å². The minimum absolute atomic E-state index is 0.0408. The molecular weight excluding hydrogens is 444 g/mol. The Morgan fingerprint density at radius 2 is 1.94 bits per heavy atom. The van der Waals surface area contributed by atoms with Crippen LogP contribution in [0, 0.1) is 6.92 Å². The molecule has 1 N–H and O–H groups in total. The van der Waals surface area contributed by atoms with Gasteiger partial charge in [-0.05, 0) is 44.2 Å². The second-order valence-electron chi connectivity index (χ2n) is 6.94. The Morgan fingerprint density at radius 1 is 1.18 bits per heavy atom. The molecule has 10 heteroatoms. The van der Waals surface area contributed by atoms with Crippen molar-refractivity contribution >= 4 is 29.3 Å². The van der Waals surface area contributed by atoms with E-state index in [0.29, 0.717) is 27.9 Å². The number of hydrogen-bond acceptors (Lipinski definition) is 8. The Balaban J connectivity index is 1.73. The predicted molar refractivity (Wildman–Crippen MR) is 125 cm³/mol. The molecule has 3 aromatic rings. The van der Waals surface area contributed by atoms with Gasteiger partial charge in [-0.25, -0.2) is 14.8 Å². The van der Waals surface area contributed by atoms with Crippen LogP contribution in [0.25, 0.3) is 0 Å². The van der Waals surface area contributed by atoms with Gasteiger partial charge in [0.15, 0.2) is 10.9 Å². The van der Waals surface area contributed by atoms with Crippen LogP contribution in [0.4, 0.5) is 5.69 Å². The fourth-order valence-electron chi connectivity index (χ4n) is 2.91. The van der Waals surface area contributed by atoms with E-state index in [4.69, 9.17) is 9.47 Å². The number of pyridine rings is 1. The van der Waals surface area contributed by atoms with Crippen LogP contribution in [0.3, 0.4) is 0 Å².